The molecule has 3 aromatic rings. The van der Waals surface area contributed by atoms with Crippen molar-refractivity contribution in [2.75, 3.05) is 19.6 Å². The Balaban J connectivity index is 1.37. The third-order valence-corrected chi connectivity index (χ3v) is 6.48. The molecule has 1 N–H and O–H groups in total. The summed E-state index contributed by atoms with van der Waals surface area (Å²) in [7, 11) is 0. The second kappa shape index (κ2) is 7.52. The molecule has 3 heterocycles. The van der Waals surface area contributed by atoms with Crippen LogP contribution in [0, 0.1) is 17.6 Å². The quantitative estimate of drug-likeness (QED) is 0.691. The number of aromatic nitrogens is 3. The summed E-state index contributed by atoms with van der Waals surface area (Å²) in [5, 5.41) is 14.7. The molecule has 1 aliphatic heterocycles. The molecule has 1 saturated heterocycles. The molecule has 0 amide bonds. The zero-order valence-electron chi connectivity index (χ0n) is 16.3. The normalized spacial score (nSPS) is 24.8. The molecular weight excluding hydrogens is 390 g/mol. The van der Waals surface area contributed by atoms with Gasteiger partial charge in [-0.1, -0.05) is 17.6 Å². The van der Waals surface area contributed by atoms with Crippen molar-refractivity contribution in [3.05, 3.63) is 65.8 Å². The number of rotatable bonds is 5. The summed E-state index contributed by atoms with van der Waals surface area (Å²) in [5.74, 6) is -0.0513. The minimum atomic E-state index is -1.24. The van der Waals surface area contributed by atoms with Crippen molar-refractivity contribution in [2.24, 2.45) is 5.92 Å². The maximum atomic E-state index is 14.1. The maximum absolute atomic E-state index is 14.1. The van der Waals surface area contributed by atoms with Gasteiger partial charge in [-0.3, -0.25) is 9.88 Å². The Hall–Kier alpha value is -2.71. The fraction of sp³-hybridized carbons (Fsp3) is 0.409. The Labute approximate surface area is 172 Å². The van der Waals surface area contributed by atoms with Crippen LogP contribution in [0.25, 0.3) is 11.4 Å². The van der Waals surface area contributed by atoms with Crippen molar-refractivity contribution in [3.63, 3.8) is 0 Å². The fourth-order valence-electron chi connectivity index (χ4n) is 5.08. The first-order valence-corrected chi connectivity index (χ1v) is 10.2. The molecule has 1 aliphatic carbocycles. The molecule has 156 valence electrons. The summed E-state index contributed by atoms with van der Waals surface area (Å²) in [4.78, 5) is 10.8. The van der Waals surface area contributed by atoms with E-state index in [4.69, 9.17) is 4.52 Å². The average molecular weight is 412 g/mol. The molecule has 30 heavy (non-hydrogen) atoms. The molecular formula is C22H22F2N4O2. The molecule has 5 rings (SSSR count). The molecule has 8 heteroatoms. The number of likely N-dealkylation sites (tertiary alicyclic amines) is 1. The fourth-order valence-corrected chi connectivity index (χ4v) is 5.08. The molecule has 6 nitrogen and oxygen atoms in total. The first kappa shape index (κ1) is 19.3. The SMILES string of the molecule is OC(CN1C[C@H]2CCC[C@@]2(c2nc(-c3cccnc3)no2)C1)c1c(F)cccc1F. The summed E-state index contributed by atoms with van der Waals surface area (Å²) < 4.78 is 33.8. The number of hydrogen-bond acceptors (Lipinski definition) is 6. The minimum Gasteiger partial charge on any atom is -0.387 e. The highest BCUT2D eigenvalue weighted by molar-refractivity contribution is 5.52. The molecule has 2 aromatic heterocycles. The predicted octanol–water partition coefficient (Wildman–Crippen LogP) is 3.50. The first-order valence-electron chi connectivity index (χ1n) is 10.2. The highest BCUT2D eigenvalue weighted by atomic mass is 19.1. The van der Waals surface area contributed by atoms with Gasteiger partial charge in [0.05, 0.1) is 17.1 Å². The Morgan fingerprint density at radius 3 is 2.83 bits per heavy atom. The average Bonchev–Trinajstić information content (AvgIpc) is 3.43. The summed E-state index contributed by atoms with van der Waals surface area (Å²) in [6, 6.07) is 7.33. The second-order valence-electron chi connectivity index (χ2n) is 8.26. The van der Waals surface area contributed by atoms with Crippen LogP contribution in [0.1, 0.15) is 36.8 Å². The van der Waals surface area contributed by atoms with Crippen molar-refractivity contribution in [2.45, 2.75) is 30.8 Å². The largest absolute Gasteiger partial charge is 0.387 e. The first-order chi connectivity index (χ1) is 14.6. The van der Waals surface area contributed by atoms with Gasteiger partial charge in [-0.2, -0.15) is 4.98 Å². The number of β-amino-alcohol motifs (C(OH)–C–C–N with tert-alkyl or cyclic N) is 1. The predicted molar refractivity (Wildman–Crippen MR) is 104 cm³/mol. The van der Waals surface area contributed by atoms with E-state index in [9.17, 15) is 13.9 Å². The van der Waals surface area contributed by atoms with E-state index in [0.29, 0.717) is 24.2 Å². The number of aliphatic hydroxyl groups is 1. The van der Waals surface area contributed by atoms with Gasteiger partial charge in [0.2, 0.25) is 11.7 Å². The number of pyridine rings is 1. The lowest BCUT2D eigenvalue weighted by molar-refractivity contribution is 0.113. The molecule has 1 unspecified atom stereocenters. The van der Waals surface area contributed by atoms with Crippen LogP contribution < -0.4 is 0 Å². The summed E-state index contributed by atoms with van der Waals surface area (Å²) >= 11 is 0. The van der Waals surface area contributed by atoms with E-state index in [-0.39, 0.29) is 17.5 Å². The van der Waals surface area contributed by atoms with Crippen molar-refractivity contribution in [1.29, 1.82) is 0 Å². The van der Waals surface area contributed by atoms with Crippen LogP contribution in [-0.2, 0) is 5.41 Å². The maximum Gasteiger partial charge on any atom is 0.234 e. The molecule has 1 aromatic carbocycles. The van der Waals surface area contributed by atoms with Crippen molar-refractivity contribution in [3.8, 4) is 11.4 Å². The van der Waals surface area contributed by atoms with Gasteiger partial charge in [-0.05, 0) is 43.0 Å². The standard InChI is InChI=1S/C22H22F2N4O2/c23-16-6-1-7-17(24)19(16)18(29)12-28-11-15-5-2-8-22(15,13-28)21-26-20(27-30-21)14-4-3-9-25-10-14/h1,3-4,6-7,9-10,15,18,29H,2,5,8,11-13H2/t15-,18?,22-/m1/s1. The molecule has 0 bridgehead atoms. The van der Waals surface area contributed by atoms with E-state index in [1.54, 1.807) is 12.4 Å². The third kappa shape index (κ3) is 3.20. The molecule has 2 aliphatic rings. The molecule has 2 fully saturated rings. The number of nitrogens with zero attached hydrogens (tertiary/aromatic N) is 4. The minimum absolute atomic E-state index is 0.152. The second-order valence-corrected chi connectivity index (χ2v) is 8.26. The zero-order valence-corrected chi connectivity index (χ0v) is 16.3. The van der Waals surface area contributed by atoms with Gasteiger partial charge >= 0.3 is 0 Å². The summed E-state index contributed by atoms with van der Waals surface area (Å²) in [6.07, 6.45) is 5.13. The van der Waals surface area contributed by atoms with Gasteiger partial charge in [0, 0.05) is 37.6 Å². The van der Waals surface area contributed by atoms with Gasteiger partial charge in [0.15, 0.2) is 0 Å². The molecule has 3 atom stereocenters. The van der Waals surface area contributed by atoms with Gasteiger partial charge in [0.1, 0.15) is 11.6 Å². The van der Waals surface area contributed by atoms with Crippen molar-refractivity contribution >= 4 is 0 Å². The van der Waals surface area contributed by atoms with Crippen LogP contribution >= 0.6 is 0 Å². The van der Waals surface area contributed by atoms with Crippen LogP contribution in [0.2, 0.25) is 0 Å². The highest BCUT2D eigenvalue weighted by Gasteiger charge is 2.54. The van der Waals surface area contributed by atoms with Gasteiger partial charge < -0.3 is 9.63 Å². The summed E-state index contributed by atoms with van der Waals surface area (Å²) in [6.45, 7) is 1.48. The Bertz CT molecular complexity index is 1020. The van der Waals surface area contributed by atoms with E-state index in [2.05, 4.69) is 15.1 Å². The lowest BCUT2D eigenvalue weighted by Gasteiger charge is -2.25. The monoisotopic (exact) mass is 412 g/mol. The Morgan fingerprint density at radius 1 is 1.23 bits per heavy atom. The van der Waals surface area contributed by atoms with E-state index in [1.165, 1.54) is 18.2 Å². The molecule has 1 saturated carbocycles. The van der Waals surface area contributed by atoms with Crippen LogP contribution in [0.15, 0.2) is 47.2 Å². The highest BCUT2D eigenvalue weighted by Crippen LogP contribution is 2.50. The lowest BCUT2D eigenvalue weighted by atomic mass is 9.80. The molecule has 0 spiro atoms. The summed E-state index contributed by atoms with van der Waals surface area (Å²) in [5.41, 5.74) is 0.222. The van der Waals surface area contributed by atoms with Crippen LogP contribution in [-0.4, -0.2) is 44.8 Å². The zero-order chi connectivity index (χ0) is 20.7. The Morgan fingerprint density at radius 2 is 2.07 bits per heavy atom. The van der Waals surface area contributed by atoms with Crippen LogP contribution in [0.5, 0.6) is 0 Å². The van der Waals surface area contributed by atoms with Crippen molar-refractivity contribution < 1.29 is 18.4 Å². The number of hydrogen-bond donors (Lipinski definition) is 1. The van der Waals surface area contributed by atoms with Crippen molar-refractivity contribution in [1.82, 2.24) is 20.0 Å². The van der Waals surface area contributed by atoms with E-state index in [1.807, 2.05) is 17.0 Å². The Kier molecular flexibility index (Phi) is 4.83. The number of fused-ring (bicyclic) bond motifs is 1. The number of halogens is 2. The van der Waals surface area contributed by atoms with E-state index < -0.39 is 17.7 Å². The third-order valence-electron chi connectivity index (χ3n) is 6.48. The van der Waals surface area contributed by atoms with E-state index in [0.717, 1.165) is 31.4 Å². The number of benzene rings is 1. The van der Waals surface area contributed by atoms with Gasteiger partial charge in [-0.15, -0.1) is 0 Å². The topological polar surface area (TPSA) is 75.3 Å². The van der Waals surface area contributed by atoms with Crippen LogP contribution in [0.3, 0.4) is 0 Å². The van der Waals surface area contributed by atoms with E-state index >= 15 is 0 Å². The molecule has 0 radical (unpaired) electrons. The van der Waals surface area contributed by atoms with Gasteiger partial charge in [0.25, 0.3) is 0 Å². The van der Waals surface area contributed by atoms with Crippen LogP contribution in [0.4, 0.5) is 8.78 Å². The smallest absolute Gasteiger partial charge is 0.234 e. The lowest BCUT2D eigenvalue weighted by Crippen LogP contribution is -2.34. The number of aliphatic hydroxyl groups excluding tert-OH is 1. The van der Waals surface area contributed by atoms with Gasteiger partial charge in [-0.25, -0.2) is 8.78 Å².